The van der Waals surface area contributed by atoms with E-state index in [1.54, 1.807) is 18.3 Å². The number of rotatable bonds is 3. The maximum atomic E-state index is 12.7. The molecule has 0 saturated carbocycles. The molecule has 1 fully saturated rings. The lowest BCUT2D eigenvalue weighted by molar-refractivity contribution is 0.101. The average molecular weight is 379 g/mol. The minimum Gasteiger partial charge on any atom is -0.371 e. The fraction of sp³-hybridized carbons (Fsp3) is 0.478. The highest BCUT2D eigenvalue weighted by molar-refractivity contribution is 7.16. The first-order valence-corrected chi connectivity index (χ1v) is 10.7. The number of carbonyl (C=O) groups excluding carboxylic acids is 1. The summed E-state index contributed by atoms with van der Waals surface area (Å²) >= 11 is 1.78. The number of anilines is 1. The first-order valence-electron chi connectivity index (χ1n) is 9.84. The monoisotopic (exact) mass is 378 g/mol. The van der Waals surface area contributed by atoms with Gasteiger partial charge in [0.25, 0.3) is 0 Å². The van der Waals surface area contributed by atoms with Gasteiger partial charge in [-0.3, -0.25) is 4.79 Å². The third-order valence-corrected chi connectivity index (χ3v) is 7.27. The first kappa shape index (κ1) is 18.3. The Morgan fingerprint density at radius 1 is 1.26 bits per heavy atom. The van der Waals surface area contributed by atoms with Crippen molar-refractivity contribution in [1.82, 2.24) is 0 Å². The second-order valence-corrected chi connectivity index (χ2v) is 9.75. The Morgan fingerprint density at radius 2 is 2.00 bits per heavy atom. The van der Waals surface area contributed by atoms with E-state index < -0.39 is 0 Å². The molecule has 0 spiro atoms. The standard InChI is InChI=1S/C23H26N2OS/c1-15(26)21-18-13-23(2,3)9-8-20(18)27-22(21)17-12-16(14-24)6-7-19(17)25-10-4-5-11-25/h6-7,12H,4-5,8-11,13H2,1-3H3. The molecule has 140 valence electrons. The number of fused-ring (bicyclic) bond motifs is 1. The second-order valence-electron chi connectivity index (χ2n) is 8.64. The summed E-state index contributed by atoms with van der Waals surface area (Å²) in [4.78, 5) is 17.5. The lowest BCUT2D eigenvalue weighted by atomic mass is 9.75. The van der Waals surface area contributed by atoms with Crippen LogP contribution in [-0.2, 0) is 12.8 Å². The molecule has 1 aliphatic heterocycles. The summed E-state index contributed by atoms with van der Waals surface area (Å²) < 4.78 is 0. The summed E-state index contributed by atoms with van der Waals surface area (Å²) in [5.74, 6) is 0.148. The van der Waals surface area contributed by atoms with Gasteiger partial charge in [0.05, 0.1) is 11.6 Å². The lowest BCUT2D eigenvalue weighted by Gasteiger charge is -2.29. The third-order valence-electron chi connectivity index (χ3n) is 5.94. The van der Waals surface area contributed by atoms with Crippen LogP contribution >= 0.6 is 11.3 Å². The molecule has 27 heavy (non-hydrogen) atoms. The zero-order valence-electron chi connectivity index (χ0n) is 16.4. The van der Waals surface area contributed by atoms with Gasteiger partial charge >= 0.3 is 0 Å². The Labute approximate surface area is 165 Å². The Morgan fingerprint density at radius 3 is 2.67 bits per heavy atom. The highest BCUT2D eigenvalue weighted by atomic mass is 32.1. The fourth-order valence-corrected chi connectivity index (χ4v) is 5.89. The molecule has 0 N–H and O–H groups in total. The van der Waals surface area contributed by atoms with Gasteiger partial charge in [0.1, 0.15) is 0 Å². The summed E-state index contributed by atoms with van der Waals surface area (Å²) in [6, 6.07) is 8.25. The van der Waals surface area contributed by atoms with Crippen molar-refractivity contribution in [1.29, 1.82) is 5.26 Å². The number of ketones is 1. The van der Waals surface area contributed by atoms with Crippen LogP contribution in [0.1, 0.15) is 66.4 Å². The summed E-state index contributed by atoms with van der Waals surface area (Å²) in [6.07, 6.45) is 5.58. The molecular formula is C23H26N2OS. The Kier molecular flexibility index (Phi) is 4.60. The van der Waals surface area contributed by atoms with E-state index >= 15 is 0 Å². The van der Waals surface area contributed by atoms with Crippen LogP contribution < -0.4 is 4.90 Å². The fourth-order valence-electron chi connectivity index (χ4n) is 4.50. The Bertz CT molecular complexity index is 942. The Hall–Kier alpha value is -2.12. The average Bonchev–Trinajstić information content (AvgIpc) is 3.27. The van der Waals surface area contributed by atoms with Crippen molar-refractivity contribution in [3.05, 3.63) is 39.8 Å². The summed E-state index contributed by atoms with van der Waals surface area (Å²) in [5.41, 5.74) is 5.30. The maximum absolute atomic E-state index is 12.7. The van der Waals surface area contributed by atoms with Crippen molar-refractivity contribution >= 4 is 22.8 Å². The molecule has 0 radical (unpaired) electrons. The van der Waals surface area contributed by atoms with E-state index in [9.17, 15) is 10.1 Å². The van der Waals surface area contributed by atoms with Crippen molar-refractivity contribution in [3.63, 3.8) is 0 Å². The number of nitrogens with zero attached hydrogens (tertiary/aromatic N) is 2. The second kappa shape index (κ2) is 6.80. The molecule has 0 bridgehead atoms. The molecule has 0 amide bonds. The number of Topliss-reactive ketones (excluding diaryl/α,β-unsaturated/α-hetero) is 1. The van der Waals surface area contributed by atoms with E-state index in [-0.39, 0.29) is 11.2 Å². The predicted octanol–water partition coefficient (Wildman–Crippen LogP) is 5.60. The summed E-state index contributed by atoms with van der Waals surface area (Å²) in [6.45, 7) is 8.38. The van der Waals surface area contributed by atoms with E-state index in [0.717, 1.165) is 48.4 Å². The van der Waals surface area contributed by atoms with Crippen LogP contribution in [-0.4, -0.2) is 18.9 Å². The quantitative estimate of drug-likeness (QED) is 0.653. The number of hydrogen-bond acceptors (Lipinski definition) is 4. The van der Waals surface area contributed by atoms with Crippen molar-refractivity contribution < 1.29 is 4.79 Å². The molecule has 1 aromatic carbocycles. The number of hydrogen-bond donors (Lipinski definition) is 0. The summed E-state index contributed by atoms with van der Waals surface area (Å²) in [5, 5.41) is 9.45. The molecule has 2 aliphatic rings. The van der Waals surface area contributed by atoms with Crippen LogP contribution in [0.4, 0.5) is 5.69 Å². The molecule has 0 unspecified atom stereocenters. The Balaban J connectivity index is 1.92. The van der Waals surface area contributed by atoms with Crippen LogP contribution in [0.5, 0.6) is 0 Å². The van der Waals surface area contributed by atoms with Crippen LogP contribution in [0, 0.1) is 16.7 Å². The number of aryl methyl sites for hydroxylation is 1. The third kappa shape index (κ3) is 3.30. The van der Waals surface area contributed by atoms with Crippen molar-refractivity contribution in [2.24, 2.45) is 5.41 Å². The number of benzene rings is 1. The van der Waals surface area contributed by atoms with Crippen molar-refractivity contribution in [2.45, 2.75) is 52.9 Å². The van der Waals surface area contributed by atoms with Gasteiger partial charge in [-0.25, -0.2) is 0 Å². The minimum absolute atomic E-state index is 0.148. The zero-order valence-corrected chi connectivity index (χ0v) is 17.2. The normalized spacial score (nSPS) is 18.2. The van der Waals surface area contributed by atoms with Gasteiger partial charge in [0, 0.05) is 39.7 Å². The largest absolute Gasteiger partial charge is 0.371 e. The molecule has 2 aromatic rings. The molecule has 1 saturated heterocycles. The van der Waals surface area contributed by atoms with Crippen molar-refractivity contribution in [3.8, 4) is 16.5 Å². The first-order chi connectivity index (χ1) is 12.9. The van der Waals surface area contributed by atoms with E-state index in [1.807, 2.05) is 12.1 Å². The van der Waals surface area contributed by atoms with Gasteiger partial charge < -0.3 is 4.90 Å². The topological polar surface area (TPSA) is 44.1 Å². The summed E-state index contributed by atoms with van der Waals surface area (Å²) in [7, 11) is 0. The van der Waals surface area contributed by atoms with Crippen LogP contribution in [0.3, 0.4) is 0 Å². The highest BCUT2D eigenvalue weighted by Gasteiger charge is 2.33. The lowest BCUT2D eigenvalue weighted by Crippen LogP contribution is -2.22. The molecule has 4 rings (SSSR count). The van der Waals surface area contributed by atoms with Gasteiger partial charge in [-0.1, -0.05) is 13.8 Å². The predicted molar refractivity (Wildman–Crippen MR) is 112 cm³/mol. The molecular weight excluding hydrogens is 352 g/mol. The molecule has 4 heteroatoms. The van der Waals surface area contributed by atoms with E-state index in [0.29, 0.717) is 5.56 Å². The molecule has 3 nitrogen and oxygen atoms in total. The smallest absolute Gasteiger partial charge is 0.161 e. The van der Waals surface area contributed by atoms with E-state index in [2.05, 4.69) is 30.9 Å². The van der Waals surface area contributed by atoms with E-state index in [1.165, 1.54) is 29.0 Å². The number of carbonyl (C=O) groups is 1. The van der Waals surface area contributed by atoms with Gasteiger partial charge in [0.15, 0.2) is 5.78 Å². The van der Waals surface area contributed by atoms with Crippen LogP contribution in [0.2, 0.25) is 0 Å². The number of thiophene rings is 1. The van der Waals surface area contributed by atoms with Gasteiger partial charge in [-0.05, 0) is 68.2 Å². The molecule has 1 aliphatic carbocycles. The number of nitriles is 1. The van der Waals surface area contributed by atoms with Gasteiger partial charge in [-0.15, -0.1) is 11.3 Å². The molecule has 1 aromatic heterocycles. The van der Waals surface area contributed by atoms with Gasteiger partial charge in [-0.2, -0.15) is 5.26 Å². The maximum Gasteiger partial charge on any atom is 0.161 e. The molecule has 0 atom stereocenters. The molecule has 2 heterocycles. The zero-order chi connectivity index (χ0) is 19.2. The van der Waals surface area contributed by atoms with E-state index in [4.69, 9.17) is 0 Å². The van der Waals surface area contributed by atoms with Gasteiger partial charge in [0.2, 0.25) is 0 Å². The SMILES string of the molecule is CC(=O)c1c(-c2cc(C#N)ccc2N2CCCC2)sc2c1CC(C)(C)CC2. The van der Waals surface area contributed by atoms with Crippen molar-refractivity contribution in [2.75, 3.05) is 18.0 Å². The van der Waals surface area contributed by atoms with Crippen LogP contribution in [0.25, 0.3) is 10.4 Å². The minimum atomic E-state index is 0.148. The van der Waals surface area contributed by atoms with Crippen LogP contribution in [0.15, 0.2) is 18.2 Å². The highest BCUT2D eigenvalue weighted by Crippen LogP contribution is 2.47.